The van der Waals surface area contributed by atoms with E-state index in [1.807, 2.05) is 0 Å². The Morgan fingerprint density at radius 1 is 1.10 bits per heavy atom. The molecule has 0 bridgehead atoms. The second-order valence-electron chi connectivity index (χ2n) is 4.43. The van der Waals surface area contributed by atoms with Gasteiger partial charge in [-0.3, -0.25) is 10.0 Å². The molecule has 9 heteroatoms. The van der Waals surface area contributed by atoms with Crippen molar-refractivity contribution >= 4 is 17.8 Å². The van der Waals surface area contributed by atoms with Gasteiger partial charge in [-0.25, -0.2) is 26.1 Å². The van der Waals surface area contributed by atoms with E-state index in [9.17, 15) is 14.4 Å². The predicted molar refractivity (Wildman–Crippen MR) is 64.7 cm³/mol. The molecule has 0 atom stereocenters. The van der Waals surface area contributed by atoms with Crippen molar-refractivity contribution in [2.24, 2.45) is 5.73 Å². The van der Waals surface area contributed by atoms with Crippen LogP contribution in [0.2, 0.25) is 0 Å². The fourth-order valence-electron chi connectivity index (χ4n) is 1.71. The molecule has 0 saturated carbocycles. The summed E-state index contributed by atoms with van der Waals surface area (Å²) >= 11 is 0. The standard InChI is InChI=1S/C11H19N3O6/c12-11(19-9(16)10(17)20-11)13-7-5-3-1-2-4-6-8(15)14-18/h13,18H,1-7,12H2,(H,14,15). The number of esters is 2. The van der Waals surface area contributed by atoms with Crippen LogP contribution in [0.3, 0.4) is 0 Å². The Kier molecular flexibility index (Phi) is 6.36. The van der Waals surface area contributed by atoms with E-state index in [0.29, 0.717) is 19.4 Å². The van der Waals surface area contributed by atoms with Crippen LogP contribution in [0.4, 0.5) is 0 Å². The Hall–Kier alpha value is -1.71. The third kappa shape index (κ3) is 5.51. The van der Waals surface area contributed by atoms with Gasteiger partial charge < -0.3 is 9.47 Å². The Bertz CT molecular complexity index is 357. The van der Waals surface area contributed by atoms with Gasteiger partial charge in [-0.15, -0.1) is 0 Å². The maximum absolute atomic E-state index is 10.8. The molecule has 0 aromatic carbocycles. The van der Waals surface area contributed by atoms with Crippen molar-refractivity contribution in [3.05, 3.63) is 0 Å². The van der Waals surface area contributed by atoms with Crippen molar-refractivity contribution < 1.29 is 29.1 Å². The monoisotopic (exact) mass is 289 g/mol. The average molecular weight is 289 g/mol. The molecular weight excluding hydrogens is 270 g/mol. The molecule has 1 aliphatic rings. The highest BCUT2D eigenvalue weighted by Gasteiger charge is 2.45. The van der Waals surface area contributed by atoms with E-state index >= 15 is 0 Å². The molecule has 0 aromatic heterocycles. The highest BCUT2D eigenvalue weighted by atomic mass is 16.8. The first-order valence-electron chi connectivity index (χ1n) is 6.40. The van der Waals surface area contributed by atoms with E-state index < -0.39 is 18.0 Å². The number of hydroxylamine groups is 1. The van der Waals surface area contributed by atoms with E-state index in [-0.39, 0.29) is 5.91 Å². The van der Waals surface area contributed by atoms with E-state index in [2.05, 4.69) is 14.8 Å². The lowest BCUT2D eigenvalue weighted by Gasteiger charge is -2.20. The summed E-state index contributed by atoms with van der Waals surface area (Å²) in [6, 6.07) is -1.85. The van der Waals surface area contributed by atoms with Gasteiger partial charge in [-0.1, -0.05) is 19.3 Å². The number of hydrogen-bond acceptors (Lipinski definition) is 8. The van der Waals surface area contributed by atoms with E-state index in [4.69, 9.17) is 10.9 Å². The summed E-state index contributed by atoms with van der Waals surface area (Å²) in [7, 11) is 0. The first-order valence-corrected chi connectivity index (χ1v) is 6.40. The number of unbranched alkanes of at least 4 members (excludes halogenated alkanes) is 4. The molecule has 1 fully saturated rings. The van der Waals surface area contributed by atoms with Crippen LogP contribution in [0.25, 0.3) is 0 Å². The molecule has 0 aliphatic carbocycles. The van der Waals surface area contributed by atoms with Crippen molar-refractivity contribution in [3.63, 3.8) is 0 Å². The van der Waals surface area contributed by atoms with Gasteiger partial charge in [0.15, 0.2) is 0 Å². The number of carbonyl (C=O) groups excluding carboxylic acids is 3. The van der Waals surface area contributed by atoms with Gasteiger partial charge in [0, 0.05) is 13.0 Å². The first kappa shape index (κ1) is 16.3. The number of amides is 1. The van der Waals surface area contributed by atoms with E-state index in [1.54, 1.807) is 5.48 Å². The Balaban J connectivity index is 1.99. The van der Waals surface area contributed by atoms with Crippen molar-refractivity contribution in [2.45, 2.75) is 44.6 Å². The van der Waals surface area contributed by atoms with Crippen molar-refractivity contribution in [1.82, 2.24) is 10.8 Å². The lowest BCUT2D eigenvalue weighted by atomic mass is 10.1. The molecule has 9 nitrogen and oxygen atoms in total. The average Bonchev–Trinajstić information content (AvgIpc) is 2.66. The molecule has 5 N–H and O–H groups in total. The maximum Gasteiger partial charge on any atom is 0.422 e. The highest BCUT2D eigenvalue weighted by molar-refractivity contribution is 6.31. The van der Waals surface area contributed by atoms with Crippen LogP contribution in [0.5, 0.6) is 0 Å². The van der Waals surface area contributed by atoms with Crippen molar-refractivity contribution in [1.29, 1.82) is 0 Å². The fraction of sp³-hybridized carbons (Fsp3) is 0.727. The summed E-state index contributed by atoms with van der Waals surface area (Å²) in [5.41, 5.74) is 7.06. The summed E-state index contributed by atoms with van der Waals surface area (Å²) < 4.78 is 9.07. The zero-order valence-corrected chi connectivity index (χ0v) is 11.0. The number of hydrogen-bond donors (Lipinski definition) is 4. The van der Waals surface area contributed by atoms with E-state index in [0.717, 1.165) is 25.7 Å². The Morgan fingerprint density at radius 2 is 1.65 bits per heavy atom. The minimum atomic E-state index is -1.85. The van der Waals surface area contributed by atoms with Crippen LogP contribution < -0.4 is 16.5 Å². The number of nitrogens with one attached hydrogen (secondary N) is 2. The SMILES string of the molecule is NC1(NCCCCCCCC(=O)NO)OC(=O)C(=O)O1. The van der Waals surface area contributed by atoms with Crippen molar-refractivity contribution in [3.8, 4) is 0 Å². The molecule has 1 saturated heterocycles. The van der Waals surface area contributed by atoms with Gasteiger partial charge in [-0.05, 0) is 12.8 Å². The number of ether oxygens (including phenoxy) is 2. The molecule has 0 spiro atoms. The summed E-state index contributed by atoms with van der Waals surface area (Å²) in [6.45, 7) is 0.425. The largest absolute Gasteiger partial charge is 0.422 e. The van der Waals surface area contributed by atoms with Gasteiger partial charge >= 0.3 is 18.0 Å². The van der Waals surface area contributed by atoms with Crippen LogP contribution in [0.1, 0.15) is 38.5 Å². The van der Waals surface area contributed by atoms with Crippen LogP contribution >= 0.6 is 0 Å². The van der Waals surface area contributed by atoms with Crippen LogP contribution in [-0.4, -0.2) is 35.6 Å². The minimum absolute atomic E-state index is 0.298. The zero-order chi connectivity index (χ0) is 15.0. The maximum atomic E-state index is 10.8. The van der Waals surface area contributed by atoms with Gasteiger partial charge in [0.05, 0.1) is 0 Å². The third-order valence-electron chi connectivity index (χ3n) is 2.73. The zero-order valence-electron chi connectivity index (χ0n) is 11.0. The predicted octanol–water partition coefficient (Wildman–Crippen LogP) is -0.908. The molecule has 114 valence electrons. The number of rotatable bonds is 9. The second kappa shape index (κ2) is 7.78. The normalized spacial score (nSPS) is 16.7. The second-order valence-corrected chi connectivity index (χ2v) is 4.43. The van der Waals surface area contributed by atoms with Gasteiger partial charge in [-0.2, -0.15) is 0 Å². The summed E-state index contributed by atoms with van der Waals surface area (Å²) in [4.78, 5) is 32.3. The van der Waals surface area contributed by atoms with E-state index in [1.165, 1.54) is 0 Å². The van der Waals surface area contributed by atoms with Gasteiger partial charge in [0.2, 0.25) is 5.91 Å². The molecule has 20 heavy (non-hydrogen) atoms. The van der Waals surface area contributed by atoms with Gasteiger partial charge in [0.1, 0.15) is 0 Å². The van der Waals surface area contributed by atoms with Crippen LogP contribution in [0.15, 0.2) is 0 Å². The summed E-state index contributed by atoms with van der Waals surface area (Å²) in [5, 5.41) is 10.9. The third-order valence-corrected chi connectivity index (χ3v) is 2.73. The number of carbonyl (C=O) groups is 3. The summed E-state index contributed by atoms with van der Waals surface area (Å²) in [6.07, 6.45) is 4.41. The molecule has 1 aliphatic heterocycles. The lowest BCUT2D eigenvalue weighted by molar-refractivity contribution is -0.189. The topological polar surface area (TPSA) is 140 Å². The van der Waals surface area contributed by atoms with Crippen LogP contribution in [0, 0.1) is 0 Å². The molecular formula is C11H19N3O6. The quantitative estimate of drug-likeness (QED) is 0.107. The van der Waals surface area contributed by atoms with Crippen molar-refractivity contribution in [2.75, 3.05) is 6.54 Å². The lowest BCUT2D eigenvalue weighted by Crippen LogP contribution is -2.55. The molecule has 1 amide bonds. The highest BCUT2D eigenvalue weighted by Crippen LogP contribution is 2.12. The number of cyclic esters (lactones) is 2. The van der Waals surface area contributed by atoms with Gasteiger partial charge in [0.25, 0.3) is 0 Å². The summed E-state index contributed by atoms with van der Waals surface area (Å²) in [5.74, 6) is -2.61. The number of nitrogens with two attached hydrogens (primary N) is 1. The minimum Gasteiger partial charge on any atom is -0.386 e. The first-order chi connectivity index (χ1) is 9.47. The Morgan fingerprint density at radius 3 is 2.25 bits per heavy atom. The fourth-order valence-corrected chi connectivity index (χ4v) is 1.71. The molecule has 0 unspecified atom stereocenters. The Labute approximate surface area is 115 Å². The molecule has 1 heterocycles. The molecule has 0 aromatic rings. The molecule has 0 radical (unpaired) electrons. The smallest absolute Gasteiger partial charge is 0.386 e. The van der Waals surface area contributed by atoms with Crippen LogP contribution in [-0.2, 0) is 23.9 Å². The molecule has 1 rings (SSSR count).